The number of hydrogen-bond donors (Lipinski definition) is 1. The lowest BCUT2D eigenvalue weighted by molar-refractivity contribution is -0.133. The Bertz CT molecular complexity index is 1230. The fourth-order valence-electron chi connectivity index (χ4n) is 4.46. The van der Waals surface area contributed by atoms with Gasteiger partial charge in [0.25, 0.3) is 0 Å². The zero-order valence-electron chi connectivity index (χ0n) is 16.7. The minimum Gasteiger partial charge on any atom is -0.356 e. The van der Waals surface area contributed by atoms with Crippen molar-refractivity contribution in [2.45, 2.75) is 32.2 Å². The number of halogens is 1. The van der Waals surface area contributed by atoms with Crippen LogP contribution in [-0.2, 0) is 17.6 Å². The van der Waals surface area contributed by atoms with Crippen LogP contribution in [0.1, 0.15) is 39.9 Å². The first-order valence-corrected chi connectivity index (χ1v) is 11.0. The van der Waals surface area contributed by atoms with Gasteiger partial charge in [0, 0.05) is 40.0 Å². The lowest BCUT2D eigenvalue weighted by Crippen LogP contribution is -2.41. The number of aryl methyl sites for hydroxylation is 2. The quantitative estimate of drug-likeness (QED) is 0.496. The Morgan fingerprint density at radius 2 is 2.03 bits per heavy atom. The van der Waals surface area contributed by atoms with Crippen LogP contribution in [0.3, 0.4) is 0 Å². The molecule has 1 aliphatic rings. The van der Waals surface area contributed by atoms with Crippen LogP contribution in [0, 0.1) is 12.7 Å². The highest BCUT2D eigenvalue weighted by Crippen LogP contribution is 2.39. The number of hydrogen-bond acceptors (Lipinski definition) is 3. The average molecular weight is 420 g/mol. The fourth-order valence-corrected chi connectivity index (χ4v) is 5.24. The van der Waals surface area contributed by atoms with Gasteiger partial charge in [0.1, 0.15) is 11.9 Å². The fraction of sp³-hybridized carbons (Fsp3) is 0.250. The number of thiazole rings is 1. The molecule has 1 amide bonds. The lowest BCUT2D eigenvalue weighted by Gasteiger charge is -2.36. The summed E-state index contributed by atoms with van der Waals surface area (Å²) in [5.41, 5.74) is 6.46. The molecule has 3 heterocycles. The molecule has 1 N–H and O–H groups in total. The summed E-state index contributed by atoms with van der Waals surface area (Å²) in [7, 11) is 0. The third-order valence-corrected chi connectivity index (χ3v) is 6.96. The molecular weight excluding hydrogens is 397 g/mol. The third kappa shape index (κ3) is 3.21. The first-order valence-electron chi connectivity index (χ1n) is 10.2. The summed E-state index contributed by atoms with van der Waals surface area (Å²) >= 11 is 1.58. The van der Waals surface area contributed by atoms with Crippen LogP contribution in [0.25, 0.3) is 10.9 Å². The maximum Gasteiger partial charge on any atom is 0.223 e. The van der Waals surface area contributed by atoms with E-state index in [1.54, 1.807) is 23.5 Å². The summed E-state index contributed by atoms with van der Waals surface area (Å²) in [6.07, 6.45) is 1.81. The van der Waals surface area contributed by atoms with E-state index in [9.17, 15) is 9.18 Å². The first kappa shape index (κ1) is 19.0. The van der Waals surface area contributed by atoms with Crippen molar-refractivity contribution in [3.05, 3.63) is 87.3 Å². The van der Waals surface area contributed by atoms with Crippen LogP contribution in [-0.4, -0.2) is 27.3 Å². The van der Waals surface area contributed by atoms with E-state index >= 15 is 0 Å². The van der Waals surface area contributed by atoms with Gasteiger partial charge in [-0.2, -0.15) is 0 Å². The Labute approximate surface area is 178 Å². The standard InChI is InChI=1S/C24H22FN3OS/c1-15-21(30-14-26-15)10-11-22(29)28-13-12-17-16-6-3-5-9-20(16)27-23(17)24(28)18-7-2-4-8-19(18)25/h2-9,14,24,27H,10-13H2,1H3/t24-/m0/s1. The largest absolute Gasteiger partial charge is 0.356 e. The second kappa shape index (κ2) is 7.69. The number of H-pyrrole nitrogens is 1. The number of aromatic nitrogens is 2. The Morgan fingerprint density at radius 3 is 2.83 bits per heavy atom. The van der Waals surface area contributed by atoms with E-state index in [1.807, 2.05) is 41.6 Å². The van der Waals surface area contributed by atoms with Gasteiger partial charge in [0.05, 0.1) is 11.2 Å². The molecule has 4 aromatic rings. The highest BCUT2D eigenvalue weighted by molar-refractivity contribution is 7.09. The van der Waals surface area contributed by atoms with Gasteiger partial charge in [-0.3, -0.25) is 4.79 Å². The number of para-hydroxylation sites is 1. The van der Waals surface area contributed by atoms with Gasteiger partial charge >= 0.3 is 0 Å². The van der Waals surface area contributed by atoms with Crippen molar-refractivity contribution in [2.24, 2.45) is 0 Å². The molecule has 152 valence electrons. The lowest BCUT2D eigenvalue weighted by atomic mass is 9.91. The number of nitrogens with one attached hydrogen (secondary N) is 1. The summed E-state index contributed by atoms with van der Waals surface area (Å²) in [6, 6.07) is 14.5. The van der Waals surface area contributed by atoms with Gasteiger partial charge in [0.15, 0.2) is 0 Å². The van der Waals surface area contributed by atoms with Crippen molar-refractivity contribution in [1.82, 2.24) is 14.9 Å². The van der Waals surface area contributed by atoms with Gasteiger partial charge in [-0.15, -0.1) is 11.3 Å². The van der Waals surface area contributed by atoms with Crippen LogP contribution < -0.4 is 0 Å². The second-order valence-electron chi connectivity index (χ2n) is 7.68. The minimum absolute atomic E-state index is 0.0420. The molecule has 0 spiro atoms. The zero-order valence-corrected chi connectivity index (χ0v) is 17.5. The normalized spacial score (nSPS) is 16.1. The molecule has 0 bridgehead atoms. The van der Waals surface area contributed by atoms with E-state index in [-0.39, 0.29) is 11.7 Å². The number of carbonyl (C=O) groups is 1. The van der Waals surface area contributed by atoms with E-state index in [0.29, 0.717) is 24.9 Å². The van der Waals surface area contributed by atoms with Crippen LogP contribution in [0.5, 0.6) is 0 Å². The number of fused-ring (bicyclic) bond motifs is 3. The molecule has 1 atom stereocenters. The van der Waals surface area contributed by atoms with Crippen molar-refractivity contribution in [2.75, 3.05) is 6.54 Å². The summed E-state index contributed by atoms with van der Waals surface area (Å²) in [4.78, 5) is 24.0. The van der Waals surface area contributed by atoms with Gasteiger partial charge in [-0.05, 0) is 37.5 Å². The van der Waals surface area contributed by atoms with Crippen LogP contribution in [0.4, 0.5) is 4.39 Å². The molecule has 2 aromatic carbocycles. The maximum atomic E-state index is 14.9. The molecule has 2 aromatic heterocycles. The smallest absolute Gasteiger partial charge is 0.223 e. The molecule has 0 saturated carbocycles. The number of aromatic amines is 1. The average Bonchev–Trinajstić information content (AvgIpc) is 3.35. The predicted octanol–water partition coefficient (Wildman–Crippen LogP) is 5.18. The molecule has 30 heavy (non-hydrogen) atoms. The monoisotopic (exact) mass is 419 g/mol. The summed E-state index contributed by atoms with van der Waals surface area (Å²) in [5.74, 6) is -0.245. The van der Waals surface area contributed by atoms with Crippen molar-refractivity contribution in [3.63, 3.8) is 0 Å². The Hall–Kier alpha value is -2.99. The second-order valence-corrected chi connectivity index (χ2v) is 8.62. The topological polar surface area (TPSA) is 49.0 Å². The third-order valence-electron chi connectivity index (χ3n) is 5.97. The van der Waals surface area contributed by atoms with Crippen molar-refractivity contribution < 1.29 is 9.18 Å². The number of carbonyl (C=O) groups excluding carboxylic acids is 1. The van der Waals surface area contributed by atoms with Crippen molar-refractivity contribution in [1.29, 1.82) is 0 Å². The minimum atomic E-state index is -0.447. The number of rotatable bonds is 4. The van der Waals surface area contributed by atoms with E-state index in [1.165, 1.54) is 11.6 Å². The molecule has 5 rings (SSSR count). The molecule has 0 saturated heterocycles. The van der Waals surface area contributed by atoms with Gasteiger partial charge in [0.2, 0.25) is 5.91 Å². The van der Waals surface area contributed by atoms with Gasteiger partial charge < -0.3 is 9.88 Å². The first-order chi connectivity index (χ1) is 14.6. The molecule has 1 aliphatic heterocycles. The highest BCUT2D eigenvalue weighted by atomic mass is 32.1. The van der Waals surface area contributed by atoms with Gasteiger partial charge in [-0.25, -0.2) is 9.37 Å². The van der Waals surface area contributed by atoms with E-state index in [4.69, 9.17) is 0 Å². The molecule has 0 unspecified atom stereocenters. The van der Waals surface area contributed by atoms with Crippen LogP contribution in [0.15, 0.2) is 54.0 Å². The van der Waals surface area contributed by atoms with E-state index < -0.39 is 6.04 Å². The Morgan fingerprint density at radius 1 is 1.23 bits per heavy atom. The van der Waals surface area contributed by atoms with Gasteiger partial charge in [-0.1, -0.05) is 36.4 Å². The summed E-state index contributed by atoms with van der Waals surface area (Å²) in [5, 5.41) is 1.15. The molecule has 6 heteroatoms. The SMILES string of the molecule is Cc1ncsc1CCC(=O)N1CCc2c([nH]c3ccccc23)[C@@H]1c1ccccc1F. The number of amides is 1. The molecule has 4 nitrogen and oxygen atoms in total. The number of nitrogens with zero attached hydrogens (tertiary/aromatic N) is 2. The van der Waals surface area contributed by atoms with Crippen molar-refractivity contribution in [3.8, 4) is 0 Å². The predicted molar refractivity (Wildman–Crippen MR) is 117 cm³/mol. The van der Waals surface area contributed by atoms with E-state index in [2.05, 4.69) is 16.0 Å². The zero-order chi connectivity index (χ0) is 20.7. The summed E-state index contributed by atoms with van der Waals surface area (Å²) < 4.78 is 14.9. The van der Waals surface area contributed by atoms with Crippen LogP contribution in [0.2, 0.25) is 0 Å². The molecule has 0 fully saturated rings. The molecule has 0 aliphatic carbocycles. The van der Waals surface area contributed by atoms with Crippen molar-refractivity contribution >= 4 is 28.1 Å². The maximum absolute atomic E-state index is 14.9. The molecule has 0 radical (unpaired) electrons. The highest BCUT2D eigenvalue weighted by Gasteiger charge is 2.35. The summed E-state index contributed by atoms with van der Waals surface area (Å²) in [6.45, 7) is 2.55. The van der Waals surface area contributed by atoms with E-state index in [0.717, 1.165) is 33.6 Å². The van der Waals surface area contributed by atoms with Crippen LogP contribution >= 0.6 is 11.3 Å². The Kier molecular flexibility index (Phi) is 4.87. The number of benzene rings is 2. The Balaban J connectivity index is 1.54. The molecular formula is C24H22FN3OS.